The van der Waals surface area contributed by atoms with Gasteiger partial charge in [-0.3, -0.25) is 9.78 Å². The highest BCUT2D eigenvalue weighted by atomic mass is 35.5. The molecule has 142 valence electrons. The van der Waals surface area contributed by atoms with E-state index >= 15 is 0 Å². The fourth-order valence-corrected chi connectivity index (χ4v) is 3.49. The van der Waals surface area contributed by atoms with E-state index in [1.807, 2.05) is 36.4 Å². The van der Waals surface area contributed by atoms with Crippen LogP contribution in [0.2, 0.25) is 5.02 Å². The van der Waals surface area contributed by atoms with E-state index in [1.54, 1.807) is 18.5 Å². The van der Waals surface area contributed by atoms with Gasteiger partial charge in [-0.25, -0.2) is 0 Å². The number of aromatic nitrogens is 1. The molecule has 0 aliphatic carbocycles. The molecule has 3 aromatic rings. The van der Waals surface area contributed by atoms with Gasteiger partial charge in [0, 0.05) is 41.4 Å². The monoisotopic (exact) mass is 392 g/mol. The summed E-state index contributed by atoms with van der Waals surface area (Å²) in [5.41, 5.74) is 4.00. The quantitative estimate of drug-likeness (QED) is 0.616. The molecule has 0 radical (unpaired) electrons. The Labute approximate surface area is 169 Å². The van der Waals surface area contributed by atoms with E-state index in [-0.39, 0.29) is 5.91 Å². The molecule has 4 rings (SSSR count). The number of nitrogens with zero attached hydrogens (tertiary/aromatic N) is 2. The van der Waals surface area contributed by atoms with Gasteiger partial charge in [-0.05, 0) is 61.4 Å². The van der Waals surface area contributed by atoms with E-state index < -0.39 is 0 Å². The number of benzene rings is 2. The lowest BCUT2D eigenvalue weighted by atomic mass is 10.2. The number of carbonyl (C=O) groups excluding carboxylic acids is 1. The van der Waals surface area contributed by atoms with Gasteiger partial charge >= 0.3 is 0 Å². The van der Waals surface area contributed by atoms with Gasteiger partial charge in [0.2, 0.25) is 0 Å². The molecule has 2 heterocycles. The van der Waals surface area contributed by atoms with Gasteiger partial charge in [-0.1, -0.05) is 17.7 Å². The molecule has 1 aliphatic heterocycles. The molecular weight excluding hydrogens is 372 g/mol. The summed E-state index contributed by atoms with van der Waals surface area (Å²) >= 11 is 6.01. The predicted molar refractivity (Wildman–Crippen MR) is 115 cm³/mol. The first kappa shape index (κ1) is 18.3. The number of rotatable bonds is 5. The van der Waals surface area contributed by atoms with E-state index in [4.69, 9.17) is 11.6 Å². The number of pyridine rings is 1. The Morgan fingerprint density at radius 2 is 1.71 bits per heavy atom. The molecule has 1 saturated heterocycles. The lowest BCUT2D eigenvalue weighted by Gasteiger charge is -2.17. The minimum absolute atomic E-state index is 0.198. The van der Waals surface area contributed by atoms with Crippen LogP contribution in [-0.4, -0.2) is 24.0 Å². The van der Waals surface area contributed by atoms with Crippen LogP contribution in [0.1, 0.15) is 23.2 Å². The second-order valence-corrected chi connectivity index (χ2v) is 7.23. The van der Waals surface area contributed by atoms with E-state index in [2.05, 4.69) is 32.7 Å². The van der Waals surface area contributed by atoms with Crippen molar-refractivity contribution in [1.82, 2.24) is 4.98 Å². The maximum Gasteiger partial charge on any atom is 0.257 e. The second kappa shape index (κ2) is 8.31. The van der Waals surface area contributed by atoms with E-state index in [0.717, 1.165) is 30.2 Å². The average Bonchev–Trinajstić information content (AvgIpc) is 3.24. The lowest BCUT2D eigenvalue weighted by Crippen LogP contribution is -2.17. The highest BCUT2D eigenvalue weighted by Gasteiger charge is 2.13. The molecule has 1 aromatic heterocycles. The van der Waals surface area contributed by atoms with Gasteiger partial charge in [0.05, 0.1) is 17.4 Å². The zero-order chi connectivity index (χ0) is 19.3. The molecular formula is C22H21ClN4O. The Kier molecular flexibility index (Phi) is 5.44. The van der Waals surface area contributed by atoms with Crippen molar-refractivity contribution < 1.29 is 4.79 Å². The van der Waals surface area contributed by atoms with Crippen LogP contribution in [0.5, 0.6) is 0 Å². The molecule has 1 aliphatic rings. The Bertz CT molecular complexity index is 968. The van der Waals surface area contributed by atoms with E-state index in [0.29, 0.717) is 10.6 Å². The zero-order valence-electron chi connectivity index (χ0n) is 15.4. The molecule has 1 amide bonds. The third kappa shape index (κ3) is 4.43. The van der Waals surface area contributed by atoms with Crippen molar-refractivity contribution in [3.05, 3.63) is 77.6 Å². The molecule has 2 aromatic carbocycles. The minimum atomic E-state index is -0.198. The van der Waals surface area contributed by atoms with Crippen molar-refractivity contribution in [2.75, 3.05) is 28.6 Å². The van der Waals surface area contributed by atoms with Gasteiger partial charge in [-0.2, -0.15) is 0 Å². The Hall–Kier alpha value is -3.05. The van der Waals surface area contributed by atoms with Gasteiger partial charge < -0.3 is 15.5 Å². The number of anilines is 4. The molecule has 2 N–H and O–H groups in total. The molecule has 5 nitrogen and oxygen atoms in total. The average molecular weight is 393 g/mol. The number of nitrogens with one attached hydrogen (secondary N) is 2. The first-order valence-electron chi connectivity index (χ1n) is 9.31. The van der Waals surface area contributed by atoms with Crippen molar-refractivity contribution >= 4 is 40.3 Å². The standard InChI is InChI=1S/C22H21ClN4O/c23-17-4-3-5-19(13-17)25-20-12-16(14-24-15-20)22(28)26-18-6-8-21(9-7-18)27-10-1-2-11-27/h3-9,12-15,25H,1-2,10-11H2,(H,26,28). The SMILES string of the molecule is O=C(Nc1ccc(N2CCCC2)cc1)c1cncc(Nc2cccc(Cl)c2)c1. The maximum absolute atomic E-state index is 12.6. The third-order valence-electron chi connectivity index (χ3n) is 4.71. The zero-order valence-corrected chi connectivity index (χ0v) is 16.1. The summed E-state index contributed by atoms with van der Waals surface area (Å²) in [6, 6.07) is 17.1. The molecule has 0 spiro atoms. The Morgan fingerprint density at radius 3 is 2.46 bits per heavy atom. The van der Waals surface area contributed by atoms with Crippen molar-refractivity contribution in [2.24, 2.45) is 0 Å². The van der Waals surface area contributed by atoms with Gasteiger partial charge in [0.1, 0.15) is 0 Å². The predicted octanol–water partition coefficient (Wildman–Crippen LogP) is 5.33. The van der Waals surface area contributed by atoms with Crippen LogP contribution in [-0.2, 0) is 0 Å². The molecule has 0 atom stereocenters. The van der Waals surface area contributed by atoms with Crippen LogP contribution in [0.25, 0.3) is 0 Å². The summed E-state index contributed by atoms with van der Waals surface area (Å²) in [5, 5.41) is 6.78. The van der Waals surface area contributed by atoms with Crippen LogP contribution in [0.4, 0.5) is 22.7 Å². The second-order valence-electron chi connectivity index (χ2n) is 6.79. The van der Waals surface area contributed by atoms with E-state index in [1.165, 1.54) is 18.5 Å². The van der Waals surface area contributed by atoms with Crippen LogP contribution in [0.15, 0.2) is 67.0 Å². The number of halogens is 1. The maximum atomic E-state index is 12.6. The van der Waals surface area contributed by atoms with Crippen LogP contribution in [0.3, 0.4) is 0 Å². The number of amides is 1. The number of hydrogen-bond donors (Lipinski definition) is 2. The first-order valence-corrected chi connectivity index (χ1v) is 9.69. The summed E-state index contributed by atoms with van der Waals surface area (Å²) in [5.74, 6) is -0.198. The normalized spacial score (nSPS) is 13.4. The molecule has 0 saturated carbocycles. The lowest BCUT2D eigenvalue weighted by molar-refractivity contribution is 0.102. The van der Waals surface area contributed by atoms with Crippen molar-refractivity contribution in [2.45, 2.75) is 12.8 Å². The fourth-order valence-electron chi connectivity index (χ4n) is 3.30. The Balaban J connectivity index is 1.43. The van der Waals surface area contributed by atoms with Crippen LogP contribution >= 0.6 is 11.6 Å². The summed E-state index contributed by atoms with van der Waals surface area (Å²) in [6.07, 6.45) is 5.70. The first-order chi connectivity index (χ1) is 13.7. The Morgan fingerprint density at radius 1 is 0.929 bits per heavy atom. The highest BCUT2D eigenvalue weighted by Crippen LogP contribution is 2.23. The molecule has 0 unspecified atom stereocenters. The summed E-state index contributed by atoms with van der Waals surface area (Å²) < 4.78 is 0. The van der Waals surface area contributed by atoms with Crippen molar-refractivity contribution in [3.8, 4) is 0 Å². The largest absolute Gasteiger partial charge is 0.372 e. The molecule has 6 heteroatoms. The van der Waals surface area contributed by atoms with Gasteiger partial charge in [0.15, 0.2) is 0 Å². The summed E-state index contributed by atoms with van der Waals surface area (Å²) in [7, 11) is 0. The summed E-state index contributed by atoms with van der Waals surface area (Å²) in [6.45, 7) is 2.20. The third-order valence-corrected chi connectivity index (χ3v) is 4.95. The van der Waals surface area contributed by atoms with Crippen molar-refractivity contribution in [3.63, 3.8) is 0 Å². The molecule has 0 bridgehead atoms. The number of carbonyl (C=O) groups is 1. The van der Waals surface area contributed by atoms with Crippen LogP contribution in [0, 0.1) is 0 Å². The minimum Gasteiger partial charge on any atom is -0.372 e. The van der Waals surface area contributed by atoms with Gasteiger partial charge in [-0.15, -0.1) is 0 Å². The molecule has 1 fully saturated rings. The smallest absolute Gasteiger partial charge is 0.257 e. The van der Waals surface area contributed by atoms with Crippen LogP contribution < -0.4 is 15.5 Å². The van der Waals surface area contributed by atoms with Crippen molar-refractivity contribution in [1.29, 1.82) is 0 Å². The highest BCUT2D eigenvalue weighted by molar-refractivity contribution is 6.30. The topological polar surface area (TPSA) is 57.3 Å². The number of hydrogen-bond acceptors (Lipinski definition) is 4. The molecule has 28 heavy (non-hydrogen) atoms. The van der Waals surface area contributed by atoms with Gasteiger partial charge in [0.25, 0.3) is 5.91 Å². The van der Waals surface area contributed by atoms with E-state index in [9.17, 15) is 4.79 Å². The summed E-state index contributed by atoms with van der Waals surface area (Å²) in [4.78, 5) is 19.1. The fraction of sp³-hybridized carbons (Fsp3) is 0.182.